The molecule has 6 heteroatoms. The summed E-state index contributed by atoms with van der Waals surface area (Å²) in [5.41, 5.74) is 1.90. The van der Waals surface area contributed by atoms with Crippen LogP contribution in [0.1, 0.15) is 39.5 Å². The molecule has 2 heterocycles. The fourth-order valence-corrected chi connectivity index (χ4v) is 2.81. The van der Waals surface area contributed by atoms with Crippen LogP contribution in [0, 0.1) is 5.41 Å². The molecule has 0 atom stereocenters. The fraction of sp³-hybridized carbons (Fsp3) is 0.615. The second-order valence-electron chi connectivity index (χ2n) is 6.03. The smallest absolute Gasteiger partial charge is 0.226 e. The van der Waals surface area contributed by atoms with Gasteiger partial charge in [-0.1, -0.05) is 13.8 Å². The van der Waals surface area contributed by atoms with E-state index in [1.54, 1.807) is 6.33 Å². The predicted octanol–water partition coefficient (Wildman–Crippen LogP) is 3.39. The Bertz CT molecular complexity index is 582. The van der Waals surface area contributed by atoms with E-state index in [-0.39, 0.29) is 5.28 Å². The first-order chi connectivity index (χ1) is 9.03. The first-order valence-electron chi connectivity index (χ1n) is 6.67. The molecule has 1 fully saturated rings. The highest BCUT2D eigenvalue weighted by Crippen LogP contribution is 2.36. The lowest BCUT2D eigenvalue weighted by atomic mass is 9.75. The van der Waals surface area contributed by atoms with E-state index < -0.39 is 0 Å². The van der Waals surface area contributed by atoms with Crippen molar-refractivity contribution >= 4 is 28.6 Å². The zero-order chi connectivity index (χ0) is 13.5. The number of fused-ring (bicyclic) bond motifs is 1. The number of H-pyrrole nitrogens is 1. The first-order valence-corrected chi connectivity index (χ1v) is 7.04. The van der Waals surface area contributed by atoms with Crippen LogP contribution in [0.4, 0.5) is 5.82 Å². The van der Waals surface area contributed by atoms with Crippen molar-refractivity contribution in [3.8, 4) is 0 Å². The van der Waals surface area contributed by atoms with Gasteiger partial charge >= 0.3 is 0 Å². The van der Waals surface area contributed by atoms with Crippen molar-refractivity contribution in [2.45, 2.75) is 45.6 Å². The number of hydrogen-bond acceptors (Lipinski definition) is 4. The number of imidazole rings is 1. The maximum absolute atomic E-state index is 5.93. The molecule has 2 N–H and O–H groups in total. The molecule has 2 aromatic rings. The molecule has 1 aliphatic rings. The van der Waals surface area contributed by atoms with Gasteiger partial charge in [0, 0.05) is 6.04 Å². The van der Waals surface area contributed by atoms with Gasteiger partial charge in [0.2, 0.25) is 5.28 Å². The Morgan fingerprint density at radius 1 is 1.32 bits per heavy atom. The molecule has 102 valence electrons. The number of anilines is 1. The predicted molar refractivity (Wildman–Crippen MR) is 76.4 cm³/mol. The maximum Gasteiger partial charge on any atom is 0.226 e. The summed E-state index contributed by atoms with van der Waals surface area (Å²) in [6, 6.07) is 0.450. The van der Waals surface area contributed by atoms with Gasteiger partial charge in [0.1, 0.15) is 5.52 Å². The molecule has 0 aromatic carbocycles. The van der Waals surface area contributed by atoms with Crippen LogP contribution in [0.5, 0.6) is 0 Å². The Balaban J connectivity index is 1.80. The number of hydrogen-bond donors (Lipinski definition) is 2. The molecule has 19 heavy (non-hydrogen) atoms. The van der Waals surface area contributed by atoms with Crippen molar-refractivity contribution in [3.63, 3.8) is 0 Å². The minimum Gasteiger partial charge on any atom is -0.365 e. The molecular formula is C13H18ClN5. The van der Waals surface area contributed by atoms with Crippen LogP contribution in [-0.2, 0) is 0 Å². The van der Waals surface area contributed by atoms with Gasteiger partial charge in [-0.3, -0.25) is 0 Å². The van der Waals surface area contributed by atoms with E-state index in [1.165, 1.54) is 12.8 Å². The Hall–Kier alpha value is -1.36. The minimum atomic E-state index is 0.234. The van der Waals surface area contributed by atoms with E-state index in [4.69, 9.17) is 11.6 Å². The summed E-state index contributed by atoms with van der Waals surface area (Å²) >= 11 is 5.93. The molecule has 5 nitrogen and oxygen atoms in total. The summed E-state index contributed by atoms with van der Waals surface area (Å²) in [5, 5.41) is 3.72. The average Bonchev–Trinajstić information content (AvgIpc) is 2.80. The van der Waals surface area contributed by atoms with Crippen LogP contribution in [0.15, 0.2) is 6.33 Å². The number of rotatable bonds is 2. The standard InChI is InChI=1S/C13H18ClN5/c1-13(2)5-3-8(4-6-13)17-11-9-10(16-7-15-9)18-12(14)19-11/h7-8H,3-6H2,1-2H3,(H2,15,16,17,18,19). The van der Waals surface area contributed by atoms with Gasteiger partial charge in [-0.05, 0) is 42.7 Å². The highest BCUT2D eigenvalue weighted by atomic mass is 35.5. The third kappa shape index (κ3) is 2.66. The summed E-state index contributed by atoms with van der Waals surface area (Å²) in [4.78, 5) is 15.5. The summed E-state index contributed by atoms with van der Waals surface area (Å²) in [6.45, 7) is 4.66. The quantitative estimate of drug-likeness (QED) is 0.827. The molecule has 0 unspecified atom stereocenters. The fourth-order valence-electron chi connectivity index (χ4n) is 2.65. The minimum absolute atomic E-state index is 0.234. The van der Waals surface area contributed by atoms with Gasteiger partial charge in [0.05, 0.1) is 6.33 Å². The van der Waals surface area contributed by atoms with E-state index >= 15 is 0 Å². The van der Waals surface area contributed by atoms with Gasteiger partial charge in [-0.2, -0.15) is 9.97 Å². The number of nitrogens with one attached hydrogen (secondary N) is 2. The number of aromatic nitrogens is 4. The zero-order valence-electron chi connectivity index (χ0n) is 11.2. The van der Waals surface area contributed by atoms with E-state index in [1.807, 2.05) is 0 Å². The van der Waals surface area contributed by atoms with E-state index in [0.717, 1.165) is 24.2 Å². The maximum atomic E-state index is 5.93. The van der Waals surface area contributed by atoms with Crippen LogP contribution in [0.3, 0.4) is 0 Å². The number of halogens is 1. The van der Waals surface area contributed by atoms with Crippen molar-refractivity contribution in [1.82, 2.24) is 19.9 Å². The molecule has 3 rings (SSSR count). The number of nitrogens with zero attached hydrogens (tertiary/aromatic N) is 3. The van der Waals surface area contributed by atoms with Crippen molar-refractivity contribution in [1.29, 1.82) is 0 Å². The van der Waals surface area contributed by atoms with Crippen molar-refractivity contribution in [2.24, 2.45) is 5.41 Å². The second kappa shape index (κ2) is 4.63. The second-order valence-corrected chi connectivity index (χ2v) is 6.36. The lowest BCUT2D eigenvalue weighted by Crippen LogP contribution is -2.30. The Morgan fingerprint density at radius 2 is 2.05 bits per heavy atom. The lowest BCUT2D eigenvalue weighted by molar-refractivity contribution is 0.232. The van der Waals surface area contributed by atoms with Gasteiger partial charge in [-0.15, -0.1) is 0 Å². The van der Waals surface area contributed by atoms with Gasteiger partial charge in [-0.25, -0.2) is 4.98 Å². The topological polar surface area (TPSA) is 66.5 Å². The zero-order valence-corrected chi connectivity index (χ0v) is 12.0. The van der Waals surface area contributed by atoms with Crippen LogP contribution < -0.4 is 5.32 Å². The summed E-state index contributed by atoms with van der Waals surface area (Å²) in [6.07, 6.45) is 6.39. The molecule has 0 aliphatic heterocycles. The van der Waals surface area contributed by atoms with E-state index in [0.29, 0.717) is 17.1 Å². The normalized spacial score (nSPS) is 19.7. The van der Waals surface area contributed by atoms with Crippen LogP contribution in [0.25, 0.3) is 11.2 Å². The molecule has 0 saturated heterocycles. The highest BCUT2D eigenvalue weighted by molar-refractivity contribution is 6.28. The molecule has 0 bridgehead atoms. The number of aromatic amines is 1. The Kier molecular flexibility index (Phi) is 3.09. The molecule has 0 radical (unpaired) electrons. The molecule has 0 spiro atoms. The molecule has 2 aromatic heterocycles. The summed E-state index contributed by atoms with van der Waals surface area (Å²) in [7, 11) is 0. The highest BCUT2D eigenvalue weighted by Gasteiger charge is 2.27. The third-order valence-corrected chi connectivity index (χ3v) is 4.11. The molecule has 0 amide bonds. The lowest BCUT2D eigenvalue weighted by Gasteiger charge is -2.34. The van der Waals surface area contributed by atoms with Crippen molar-refractivity contribution < 1.29 is 0 Å². The van der Waals surface area contributed by atoms with Crippen LogP contribution >= 0.6 is 11.6 Å². The Morgan fingerprint density at radius 3 is 2.79 bits per heavy atom. The molecule has 1 aliphatic carbocycles. The molecule has 1 saturated carbocycles. The van der Waals surface area contributed by atoms with E-state index in [2.05, 4.69) is 39.1 Å². The van der Waals surface area contributed by atoms with Gasteiger partial charge in [0.25, 0.3) is 0 Å². The van der Waals surface area contributed by atoms with Gasteiger partial charge in [0.15, 0.2) is 11.5 Å². The largest absolute Gasteiger partial charge is 0.365 e. The average molecular weight is 280 g/mol. The summed E-state index contributed by atoms with van der Waals surface area (Å²) < 4.78 is 0. The van der Waals surface area contributed by atoms with E-state index in [9.17, 15) is 0 Å². The molecular weight excluding hydrogens is 262 g/mol. The van der Waals surface area contributed by atoms with Crippen molar-refractivity contribution in [3.05, 3.63) is 11.6 Å². The summed E-state index contributed by atoms with van der Waals surface area (Å²) in [5.74, 6) is 0.761. The first kappa shape index (κ1) is 12.7. The van der Waals surface area contributed by atoms with Crippen LogP contribution in [0.2, 0.25) is 5.28 Å². The monoisotopic (exact) mass is 279 g/mol. The van der Waals surface area contributed by atoms with Crippen LogP contribution in [-0.4, -0.2) is 26.0 Å². The SMILES string of the molecule is CC1(C)CCC(Nc2nc(Cl)nc3nc[nH]c23)CC1. The van der Waals surface area contributed by atoms with Gasteiger partial charge < -0.3 is 10.3 Å². The Labute approximate surface area is 117 Å². The van der Waals surface area contributed by atoms with Crippen molar-refractivity contribution in [2.75, 3.05) is 5.32 Å². The third-order valence-electron chi connectivity index (χ3n) is 3.94.